The molecule has 0 unspecified atom stereocenters. The Morgan fingerprint density at radius 3 is 2.56 bits per heavy atom. The zero-order chi connectivity index (χ0) is 17.6. The molecule has 0 amide bonds. The van der Waals surface area contributed by atoms with Crippen LogP contribution in [0.2, 0.25) is 0 Å². The molecule has 25 heavy (non-hydrogen) atoms. The number of nitro groups is 1. The zero-order valence-electron chi connectivity index (χ0n) is 12.9. The first-order valence-corrected chi connectivity index (χ1v) is 8.18. The van der Waals surface area contributed by atoms with Gasteiger partial charge in [0, 0.05) is 35.0 Å². The maximum absolute atomic E-state index is 10.7. The fourth-order valence-electron chi connectivity index (χ4n) is 2.12. The minimum absolute atomic E-state index is 0.0314. The lowest BCUT2D eigenvalue weighted by molar-refractivity contribution is -0.384. The molecule has 1 aromatic heterocycles. The van der Waals surface area contributed by atoms with E-state index in [1.807, 2.05) is 35.7 Å². The standard InChI is InChI=1S/C18H12N4O2S/c19-10-14(11-20-15-4-2-1-3-5-15)18-21-17(12-25-18)13-6-8-16(9-7-13)22(23)24/h1-9,11-12,20H. The Kier molecular flexibility index (Phi) is 4.83. The number of nitrogens with one attached hydrogen (secondary N) is 1. The van der Waals surface area contributed by atoms with Gasteiger partial charge in [-0.05, 0) is 24.3 Å². The average molecular weight is 348 g/mol. The van der Waals surface area contributed by atoms with Crippen LogP contribution in [0.5, 0.6) is 0 Å². The van der Waals surface area contributed by atoms with Crippen LogP contribution >= 0.6 is 11.3 Å². The van der Waals surface area contributed by atoms with Gasteiger partial charge in [0.1, 0.15) is 16.6 Å². The number of rotatable bonds is 5. The van der Waals surface area contributed by atoms with E-state index in [0.717, 1.165) is 11.3 Å². The van der Waals surface area contributed by atoms with Crippen LogP contribution in [-0.4, -0.2) is 9.91 Å². The van der Waals surface area contributed by atoms with Crippen molar-refractivity contribution in [1.82, 2.24) is 4.98 Å². The van der Waals surface area contributed by atoms with Crippen molar-refractivity contribution in [3.8, 4) is 17.3 Å². The van der Waals surface area contributed by atoms with E-state index in [2.05, 4.69) is 16.4 Å². The Hall–Kier alpha value is -3.50. The maximum Gasteiger partial charge on any atom is 0.269 e. The quantitative estimate of drug-likeness (QED) is 0.410. The number of nitriles is 1. The smallest absolute Gasteiger partial charge is 0.269 e. The van der Waals surface area contributed by atoms with Crippen molar-refractivity contribution < 1.29 is 4.92 Å². The molecule has 3 aromatic rings. The van der Waals surface area contributed by atoms with Crippen LogP contribution in [0.25, 0.3) is 16.8 Å². The molecule has 122 valence electrons. The highest BCUT2D eigenvalue weighted by molar-refractivity contribution is 7.11. The summed E-state index contributed by atoms with van der Waals surface area (Å²) in [5, 5.41) is 25.6. The number of hydrogen-bond donors (Lipinski definition) is 1. The molecule has 0 aliphatic heterocycles. The predicted octanol–water partition coefficient (Wildman–Crippen LogP) is 4.69. The molecule has 0 saturated carbocycles. The van der Waals surface area contributed by atoms with Crippen molar-refractivity contribution in [1.29, 1.82) is 5.26 Å². The van der Waals surface area contributed by atoms with E-state index in [1.54, 1.807) is 18.3 Å². The highest BCUT2D eigenvalue weighted by Crippen LogP contribution is 2.27. The molecule has 6 nitrogen and oxygen atoms in total. The van der Waals surface area contributed by atoms with E-state index >= 15 is 0 Å². The molecule has 0 atom stereocenters. The number of nitro benzene ring substituents is 1. The Balaban J connectivity index is 1.81. The number of non-ortho nitro benzene ring substituents is 1. The van der Waals surface area contributed by atoms with E-state index in [1.165, 1.54) is 23.5 Å². The van der Waals surface area contributed by atoms with E-state index in [4.69, 9.17) is 0 Å². The fraction of sp³-hybridized carbons (Fsp3) is 0. The number of aromatic nitrogens is 1. The summed E-state index contributed by atoms with van der Waals surface area (Å²) in [7, 11) is 0. The molecular formula is C18H12N4O2S. The van der Waals surface area contributed by atoms with Crippen LogP contribution in [0.1, 0.15) is 5.01 Å². The third-order valence-electron chi connectivity index (χ3n) is 3.39. The van der Waals surface area contributed by atoms with Crippen LogP contribution in [0, 0.1) is 21.4 Å². The van der Waals surface area contributed by atoms with Gasteiger partial charge in [-0.25, -0.2) is 4.98 Å². The number of anilines is 1. The second-order valence-electron chi connectivity index (χ2n) is 5.02. The van der Waals surface area contributed by atoms with E-state index in [9.17, 15) is 15.4 Å². The molecule has 0 saturated heterocycles. The van der Waals surface area contributed by atoms with Gasteiger partial charge in [0.15, 0.2) is 0 Å². The number of benzene rings is 2. The van der Waals surface area contributed by atoms with Gasteiger partial charge in [-0.2, -0.15) is 5.26 Å². The van der Waals surface area contributed by atoms with E-state index < -0.39 is 4.92 Å². The summed E-state index contributed by atoms with van der Waals surface area (Å²) >= 11 is 1.35. The molecule has 0 bridgehead atoms. The minimum Gasteiger partial charge on any atom is -0.360 e. The highest BCUT2D eigenvalue weighted by Gasteiger charge is 2.10. The first-order valence-electron chi connectivity index (χ1n) is 7.30. The van der Waals surface area contributed by atoms with E-state index in [-0.39, 0.29) is 5.69 Å². The summed E-state index contributed by atoms with van der Waals surface area (Å²) in [5.41, 5.74) is 2.77. The SMILES string of the molecule is N#CC(=CNc1ccccc1)c1nc(-c2ccc([N+](=O)[O-])cc2)cs1. The Morgan fingerprint density at radius 1 is 1.20 bits per heavy atom. The second-order valence-corrected chi connectivity index (χ2v) is 5.88. The third kappa shape index (κ3) is 3.88. The van der Waals surface area contributed by atoms with Gasteiger partial charge >= 0.3 is 0 Å². The van der Waals surface area contributed by atoms with Crippen molar-refractivity contribution >= 4 is 28.3 Å². The lowest BCUT2D eigenvalue weighted by Crippen LogP contribution is -1.90. The van der Waals surface area contributed by atoms with Gasteiger partial charge in [0.25, 0.3) is 5.69 Å². The summed E-state index contributed by atoms with van der Waals surface area (Å²) in [6.07, 6.45) is 1.62. The summed E-state index contributed by atoms with van der Waals surface area (Å²) < 4.78 is 0. The topological polar surface area (TPSA) is 91.8 Å². The first-order chi connectivity index (χ1) is 12.2. The summed E-state index contributed by atoms with van der Waals surface area (Å²) in [6.45, 7) is 0. The normalized spacial score (nSPS) is 10.9. The van der Waals surface area contributed by atoms with Crippen molar-refractivity contribution in [3.05, 3.63) is 81.3 Å². The summed E-state index contributed by atoms with van der Waals surface area (Å²) in [6, 6.07) is 17.8. The molecule has 1 N–H and O–H groups in total. The number of nitrogens with zero attached hydrogens (tertiary/aromatic N) is 3. The van der Waals surface area contributed by atoms with Crippen LogP contribution in [0.4, 0.5) is 11.4 Å². The van der Waals surface area contributed by atoms with Crippen LogP contribution < -0.4 is 5.32 Å². The van der Waals surface area contributed by atoms with Crippen molar-refractivity contribution in [2.45, 2.75) is 0 Å². The van der Waals surface area contributed by atoms with Gasteiger partial charge in [0.05, 0.1) is 10.6 Å². The Morgan fingerprint density at radius 2 is 1.92 bits per heavy atom. The largest absolute Gasteiger partial charge is 0.360 e. The molecule has 2 aromatic carbocycles. The molecule has 7 heteroatoms. The van der Waals surface area contributed by atoms with Gasteiger partial charge in [0.2, 0.25) is 0 Å². The lowest BCUT2D eigenvalue weighted by Gasteiger charge is -2.00. The lowest BCUT2D eigenvalue weighted by atomic mass is 10.1. The minimum atomic E-state index is -0.442. The van der Waals surface area contributed by atoms with E-state index in [0.29, 0.717) is 16.3 Å². The van der Waals surface area contributed by atoms with Gasteiger partial charge in [-0.1, -0.05) is 18.2 Å². The van der Waals surface area contributed by atoms with Gasteiger partial charge in [-0.15, -0.1) is 11.3 Å². The number of allylic oxidation sites excluding steroid dienone is 1. The zero-order valence-corrected chi connectivity index (χ0v) is 13.7. The first kappa shape index (κ1) is 16.4. The third-order valence-corrected chi connectivity index (χ3v) is 4.26. The fourth-order valence-corrected chi connectivity index (χ4v) is 2.91. The number of thiazole rings is 1. The summed E-state index contributed by atoms with van der Waals surface area (Å²) in [4.78, 5) is 14.7. The Bertz CT molecular complexity index is 957. The number of para-hydroxylation sites is 1. The molecule has 1 heterocycles. The van der Waals surface area contributed by atoms with Crippen molar-refractivity contribution in [3.63, 3.8) is 0 Å². The molecule has 0 spiro atoms. The van der Waals surface area contributed by atoms with Crippen molar-refractivity contribution in [2.24, 2.45) is 0 Å². The molecule has 0 fully saturated rings. The molecular weight excluding hydrogens is 336 g/mol. The molecule has 0 aliphatic carbocycles. The van der Waals surface area contributed by atoms with Crippen LogP contribution in [0.3, 0.4) is 0 Å². The Labute approximate surface area is 147 Å². The van der Waals surface area contributed by atoms with Crippen LogP contribution in [-0.2, 0) is 0 Å². The van der Waals surface area contributed by atoms with Gasteiger partial charge in [-0.3, -0.25) is 10.1 Å². The predicted molar refractivity (Wildman–Crippen MR) is 97.9 cm³/mol. The maximum atomic E-state index is 10.7. The molecule has 0 radical (unpaired) electrons. The number of hydrogen-bond acceptors (Lipinski definition) is 6. The van der Waals surface area contributed by atoms with Gasteiger partial charge < -0.3 is 5.32 Å². The summed E-state index contributed by atoms with van der Waals surface area (Å²) in [5.74, 6) is 0. The monoisotopic (exact) mass is 348 g/mol. The van der Waals surface area contributed by atoms with Crippen molar-refractivity contribution in [2.75, 3.05) is 5.32 Å². The second kappa shape index (κ2) is 7.38. The highest BCUT2D eigenvalue weighted by atomic mass is 32.1. The average Bonchev–Trinajstić information content (AvgIpc) is 3.13. The van der Waals surface area contributed by atoms with Crippen LogP contribution in [0.15, 0.2) is 66.2 Å². The molecule has 3 rings (SSSR count). The molecule has 0 aliphatic rings.